The van der Waals surface area contributed by atoms with Gasteiger partial charge in [-0.2, -0.15) is 5.10 Å². The molecule has 0 radical (unpaired) electrons. The molecule has 0 atom stereocenters. The van der Waals surface area contributed by atoms with Gasteiger partial charge in [0.25, 0.3) is 0 Å². The summed E-state index contributed by atoms with van der Waals surface area (Å²) in [4.78, 5) is 0. The second-order valence-electron chi connectivity index (χ2n) is 4.35. The Morgan fingerprint density at radius 1 is 1.05 bits per heavy atom. The lowest BCUT2D eigenvalue weighted by atomic mass is 10.1. The third kappa shape index (κ3) is 3.82. The van der Waals surface area contributed by atoms with Crippen molar-refractivity contribution in [1.29, 1.82) is 0 Å². The van der Waals surface area contributed by atoms with Crippen molar-refractivity contribution in [2.24, 2.45) is 5.10 Å². The van der Waals surface area contributed by atoms with Crippen LogP contribution in [0.3, 0.4) is 0 Å². The Bertz CT molecular complexity index is 664. The van der Waals surface area contributed by atoms with E-state index in [1.165, 1.54) is 0 Å². The summed E-state index contributed by atoms with van der Waals surface area (Å²) in [5, 5.41) is 9.11. The Morgan fingerprint density at radius 3 is 2.33 bits per heavy atom. The zero-order chi connectivity index (χ0) is 15.4. The van der Waals surface area contributed by atoms with Gasteiger partial charge < -0.3 is 5.32 Å². The van der Waals surface area contributed by atoms with Gasteiger partial charge in [-0.1, -0.05) is 40.9 Å². The molecule has 2 aromatic carbocycles. The maximum absolute atomic E-state index is 6.09. The predicted molar refractivity (Wildman–Crippen MR) is 93.3 cm³/mol. The summed E-state index contributed by atoms with van der Waals surface area (Å²) in [6.45, 7) is 1.88. The number of hydrogen-bond acceptors (Lipinski definition) is 3. The number of halogens is 3. The van der Waals surface area contributed by atoms with E-state index in [1.807, 2.05) is 32.2 Å². The van der Waals surface area contributed by atoms with Gasteiger partial charge >= 0.3 is 0 Å². The molecule has 3 nitrogen and oxygen atoms in total. The molecule has 110 valence electrons. The van der Waals surface area contributed by atoms with Crippen LogP contribution in [0.4, 0.5) is 11.4 Å². The van der Waals surface area contributed by atoms with Crippen LogP contribution in [0.15, 0.2) is 41.5 Å². The van der Waals surface area contributed by atoms with E-state index in [0.717, 1.165) is 17.0 Å². The summed E-state index contributed by atoms with van der Waals surface area (Å²) < 4.78 is 0. The first kappa shape index (κ1) is 16.0. The summed E-state index contributed by atoms with van der Waals surface area (Å²) in [5.41, 5.74) is 6.08. The van der Waals surface area contributed by atoms with E-state index in [9.17, 15) is 0 Å². The van der Waals surface area contributed by atoms with Crippen molar-refractivity contribution in [2.45, 2.75) is 6.92 Å². The highest BCUT2D eigenvalue weighted by molar-refractivity contribution is 6.39. The highest BCUT2D eigenvalue weighted by Gasteiger charge is 2.07. The number of para-hydroxylation sites is 1. The Morgan fingerprint density at radius 2 is 1.71 bits per heavy atom. The molecule has 2 aromatic rings. The van der Waals surface area contributed by atoms with Crippen LogP contribution in [-0.4, -0.2) is 12.8 Å². The van der Waals surface area contributed by atoms with E-state index in [2.05, 4.69) is 15.8 Å². The molecule has 0 saturated heterocycles. The first-order chi connectivity index (χ1) is 10.0. The van der Waals surface area contributed by atoms with Crippen LogP contribution in [0, 0.1) is 0 Å². The van der Waals surface area contributed by atoms with Gasteiger partial charge in [0.05, 0.1) is 21.4 Å². The summed E-state index contributed by atoms with van der Waals surface area (Å²) >= 11 is 18.2. The van der Waals surface area contributed by atoms with Gasteiger partial charge in [0.1, 0.15) is 0 Å². The molecule has 2 N–H and O–H groups in total. The number of hydrazone groups is 1. The van der Waals surface area contributed by atoms with Gasteiger partial charge in [0.2, 0.25) is 0 Å². The fraction of sp³-hybridized carbons (Fsp3) is 0.133. The molecule has 0 aliphatic heterocycles. The number of rotatable bonds is 4. The van der Waals surface area contributed by atoms with Gasteiger partial charge in [0, 0.05) is 23.3 Å². The van der Waals surface area contributed by atoms with E-state index in [0.29, 0.717) is 20.8 Å². The molecule has 0 spiro atoms. The van der Waals surface area contributed by atoms with Crippen LogP contribution in [0.2, 0.25) is 15.1 Å². The SMILES string of the molecule is CNc1ccc(Cl)cc1/C(C)=N/Nc1c(Cl)cccc1Cl. The minimum Gasteiger partial charge on any atom is -0.388 e. The van der Waals surface area contributed by atoms with Gasteiger partial charge in [0.15, 0.2) is 0 Å². The van der Waals surface area contributed by atoms with Crippen LogP contribution in [0.25, 0.3) is 0 Å². The van der Waals surface area contributed by atoms with Crippen LogP contribution in [0.5, 0.6) is 0 Å². The van der Waals surface area contributed by atoms with Crippen molar-refractivity contribution < 1.29 is 0 Å². The minimum absolute atomic E-state index is 0.513. The molecule has 6 heteroatoms. The first-order valence-electron chi connectivity index (χ1n) is 6.25. The number of nitrogens with one attached hydrogen (secondary N) is 2. The van der Waals surface area contributed by atoms with Crippen molar-refractivity contribution in [2.75, 3.05) is 17.8 Å². The van der Waals surface area contributed by atoms with Gasteiger partial charge in [-0.25, -0.2) is 0 Å². The standard InChI is InChI=1S/C15H14Cl3N3/c1-9(11-8-10(16)6-7-14(11)19-2)20-21-15-12(17)4-3-5-13(15)18/h3-8,19,21H,1-2H3/b20-9+. The number of hydrogen-bond donors (Lipinski definition) is 2. The van der Waals surface area contributed by atoms with Gasteiger partial charge in [-0.05, 0) is 37.3 Å². The van der Waals surface area contributed by atoms with Crippen LogP contribution < -0.4 is 10.7 Å². The molecule has 0 aliphatic rings. The molecule has 0 fully saturated rings. The summed E-state index contributed by atoms with van der Waals surface area (Å²) in [7, 11) is 1.85. The van der Waals surface area contributed by atoms with Crippen LogP contribution in [0.1, 0.15) is 12.5 Å². The zero-order valence-corrected chi connectivity index (χ0v) is 13.8. The molecule has 0 aromatic heterocycles. The highest BCUT2D eigenvalue weighted by atomic mass is 35.5. The molecular weight excluding hydrogens is 329 g/mol. The monoisotopic (exact) mass is 341 g/mol. The lowest BCUT2D eigenvalue weighted by Gasteiger charge is -2.11. The fourth-order valence-corrected chi connectivity index (χ4v) is 2.49. The number of anilines is 2. The van der Waals surface area contributed by atoms with E-state index in [1.54, 1.807) is 18.2 Å². The second kappa shape index (κ2) is 7.03. The minimum atomic E-state index is 0.513. The van der Waals surface area contributed by atoms with Gasteiger partial charge in [-0.15, -0.1) is 0 Å². The zero-order valence-electron chi connectivity index (χ0n) is 11.5. The molecule has 2 rings (SSSR count). The second-order valence-corrected chi connectivity index (χ2v) is 5.60. The van der Waals surface area contributed by atoms with Gasteiger partial charge in [-0.3, -0.25) is 5.43 Å². The Hall–Kier alpha value is -1.42. The first-order valence-corrected chi connectivity index (χ1v) is 7.38. The van der Waals surface area contributed by atoms with Crippen molar-refractivity contribution in [3.63, 3.8) is 0 Å². The topological polar surface area (TPSA) is 36.4 Å². The molecule has 0 bridgehead atoms. The maximum atomic E-state index is 6.09. The molecule has 0 amide bonds. The Kier molecular flexibility index (Phi) is 5.34. The normalized spacial score (nSPS) is 11.4. The van der Waals surface area contributed by atoms with E-state index < -0.39 is 0 Å². The van der Waals surface area contributed by atoms with E-state index >= 15 is 0 Å². The number of benzene rings is 2. The average Bonchev–Trinajstić information content (AvgIpc) is 2.46. The van der Waals surface area contributed by atoms with Crippen molar-refractivity contribution in [1.82, 2.24) is 0 Å². The van der Waals surface area contributed by atoms with Crippen LogP contribution in [-0.2, 0) is 0 Å². The average molecular weight is 343 g/mol. The fourth-order valence-electron chi connectivity index (χ4n) is 1.84. The molecular formula is C15H14Cl3N3. The summed E-state index contributed by atoms with van der Waals surface area (Å²) in [6.07, 6.45) is 0. The van der Waals surface area contributed by atoms with Crippen molar-refractivity contribution >= 4 is 51.9 Å². The maximum Gasteiger partial charge on any atom is 0.0934 e. The smallest absolute Gasteiger partial charge is 0.0934 e. The van der Waals surface area contributed by atoms with Crippen molar-refractivity contribution in [3.8, 4) is 0 Å². The highest BCUT2D eigenvalue weighted by Crippen LogP contribution is 2.30. The molecule has 21 heavy (non-hydrogen) atoms. The molecule has 0 unspecified atom stereocenters. The van der Waals surface area contributed by atoms with Crippen LogP contribution >= 0.6 is 34.8 Å². The third-order valence-electron chi connectivity index (χ3n) is 2.94. The van der Waals surface area contributed by atoms with Crippen molar-refractivity contribution in [3.05, 3.63) is 57.0 Å². The Labute approximate surface area is 138 Å². The predicted octanol–water partition coefficient (Wildman–Crippen LogP) is 5.52. The summed E-state index contributed by atoms with van der Waals surface area (Å²) in [5.74, 6) is 0. The van der Waals surface area contributed by atoms with E-state index in [-0.39, 0.29) is 0 Å². The lowest BCUT2D eigenvalue weighted by Crippen LogP contribution is -2.04. The van der Waals surface area contributed by atoms with E-state index in [4.69, 9.17) is 34.8 Å². The third-order valence-corrected chi connectivity index (χ3v) is 3.80. The summed E-state index contributed by atoms with van der Waals surface area (Å²) in [6, 6.07) is 10.9. The molecule has 0 heterocycles. The largest absolute Gasteiger partial charge is 0.388 e. The Balaban J connectivity index is 2.32. The lowest BCUT2D eigenvalue weighted by molar-refractivity contribution is 1.32. The quantitative estimate of drug-likeness (QED) is 0.566. The number of nitrogens with zero attached hydrogens (tertiary/aromatic N) is 1. The molecule has 0 saturated carbocycles. The molecule has 0 aliphatic carbocycles.